The van der Waals surface area contributed by atoms with Crippen LogP contribution in [-0.2, 0) is 13.0 Å². The molecule has 0 aromatic heterocycles. The Morgan fingerprint density at radius 1 is 1.00 bits per heavy atom. The van der Waals surface area contributed by atoms with E-state index in [9.17, 15) is 4.39 Å². The number of hydrogen-bond acceptors (Lipinski definition) is 2. The summed E-state index contributed by atoms with van der Waals surface area (Å²) in [6, 6.07) is 14.7. The topological polar surface area (TPSA) is 12.5 Å². The summed E-state index contributed by atoms with van der Waals surface area (Å²) in [7, 11) is 4.17. The standard InChI is InChI=1S/C18H22FNO/c1-20(2)13-5-6-15-9-11-17(12-10-15)21-14-16-7-3-4-8-18(16)19/h3-4,7-12H,5-6,13-14H2,1-2H3. The lowest BCUT2D eigenvalue weighted by molar-refractivity contribution is 0.300. The predicted octanol–water partition coefficient (Wildman–Crippen LogP) is 3.90. The third-order valence-corrected chi connectivity index (χ3v) is 3.35. The van der Waals surface area contributed by atoms with Crippen LogP contribution in [0, 0.1) is 5.82 Å². The summed E-state index contributed by atoms with van der Waals surface area (Å²) in [4.78, 5) is 2.19. The van der Waals surface area contributed by atoms with Gasteiger partial charge in [-0.3, -0.25) is 0 Å². The molecule has 0 saturated heterocycles. The first-order valence-electron chi connectivity index (χ1n) is 7.25. The van der Waals surface area contributed by atoms with Crippen molar-refractivity contribution in [3.05, 3.63) is 65.5 Å². The molecule has 3 heteroatoms. The van der Waals surface area contributed by atoms with Crippen LogP contribution in [0.4, 0.5) is 4.39 Å². The Labute approximate surface area is 126 Å². The normalized spacial score (nSPS) is 10.9. The van der Waals surface area contributed by atoms with Gasteiger partial charge in [-0.25, -0.2) is 4.39 Å². The molecule has 0 radical (unpaired) electrons. The highest BCUT2D eigenvalue weighted by Gasteiger charge is 2.02. The van der Waals surface area contributed by atoms with E-state index < -0.39 is 0 Å². The van der Waals surface area contributed by atoms with Crippen LogP contribution in [0.25, 0.3) is 0 Å². The molecule has 0 bridgehead atoms. The third-order valence-electron chi connectivity index (χ3n) is 3.35. The Morgan fingerprint density at radius 3 is 2.38 bits per heavy atom. The Morgan fingerprint density at radius 2 is 1.71 bits per heavy atom. The number of benzene rings is 2. The van der Waals surface area contributed by atoms with E-state index in [1.807, 2.05) is 18.2 Å². The predicted molar refractivity (Wildman–Crippen MR) is 84.0 cm³/mol. The zero-order valence-corrected chi connectivity index (χ0v) is 12.7. The molecule has 21 heavy (non-hydrogen) atoms. The van der Waals surface area contributed by atoms with Gasteiger partial charge in [-0.05, 0) is 57.2 Å². The summed E-state index contributed by atoms with van der Waals surface area (Å²) >= 11 is 0. The van der Waals surface area contributed by atoms with Gasteiger partial charge in [0.05, 0.1) is 0 Å². The molecule has 0 aliphatic carbocycles. The molecule has 0 unspecified atom stereocenters. The molecule has 0 N–H and O–H groups in total. The van der Waals surface area contributed by atoms with Gasteiger partial charge in [0.2, 0.25) is 0 Å². The average molecular weight is 287 g/mol. The van der Waals surface area contributed by atoms with Gasteiger partial charge in [-0.15, -0.1) is 0 Å². The van der Waals surface area contributed by atoms with E-state index in [1.54, 1.807) is 12.1 Å². The van der Waals surface area contributed by atoms with Crippen molar-refractivity contribution in [1.82, 2.24) is 4.90 Å². The van der Waals surface area contributed by atoms with Crippen molar-refractivity contribution >= 4 is 0 Å². The second-order valence-corrected chi connectivity index (χ2v) is 5.43. The SMILES string of the molecule is CN(C)CCCc1ccc(OCc2ccccc2F)cc1. The molecule has 2 nitrogen and oxygen atoms in total. The number of halogens is 1. The van der Waals surface area contributed by atoms with Crippen LogP contribution in [0.3, 0.4) is 0 Å². The largest absolute Gasteiger partial charge is 0.489 e. The number of hydrogen-bond donors (Lipinski definition) is 0. The zero-order valence-electron chi connectivity index (χ0n) is 12.7. The molecule has 0 atom stereocenters. The van der Waals surface area contributed by atoms with E-state index in [0.717, 1.165) is 25.1 Å². The number of aryl methyl sites for hydroxylation is 1. The van der Waals surface area contributed by atoms with Crippen LogP contribution in [0.1, 0.15) is 17.5 Å². The quantitative estimate of drug-likeness (QED) is 0.766. The maximum Gasteiger partial charge on any atom is 0.129 e. The molecule has 112 valence electrons. The Balaban J connectivity index is 1.84. The van der Waals surface area contributed by atoms with Crippen molar-refractivity contribution in [2.45, 2.75) is 19.4 Å². The molecule has 2 aromatic rings. The van der Waals surface area contributed by atoms with Crippen molar-refractivity contribution in [2.75, 3.05) is 20.6 Å². The van der Waals surface area contributed by atoms with Crippen LogP contribution < -0.4 is 4.74 Å². The smallest absolute Gasteiger partial charge is 0.129 e. The van der Waals surface area contributed by atoms with Crippen molar-refractivity contribution in [3.63, 3.8) is 0 Å². The van der Waals surface area contributed by atoms with Gasteiger partial charge < -0.3 is 9.64 Å². The molecule has 0 spiro atoms. The van der Waals surface area contributed by atoms with Crippen molar-refractivity contribution in [3.8, 4) is 5.75 Å². The van der Waals surface area contributed by atoms with Gasteiger partial charge in [-0.2, -0.15) is 0 Å². The molecule has 0 saturated carbocycles. The van der Waals surface area contributed by atoms with E-state index in [1.165, 1.54) is 11.6 Å². The highest BCUT2D eigenvalue weighted by atomic mass is 19.1. The van der Waals surface area contributed by atoms with Crippen LogP contribution in [0.15, 0.2) is 48.5 Å². The first-order chi connectivity index (χ1) is 10.1. The maximum atomic E-state index is 13.5. The minimum absolute atomic E-state index is 0.224. The van der Waals surface area contributed by atoms with E-state index in [0.29, 0.717) is 5.56 Å². The lowest BCUT2D eigenvalue weighted by Crippen LogP contribution is -2.13. The third kappa shape index (κ3) is 5.20. The van der Waals surface area contributed by atoms with Gasteiger partial charge in [0, 0.05) is 5.56 Å². The number of nitrogens with zero attached hydrogens (tertiary/aromatic N) is 1. The van der Waals surface area contributed by atoms with E-state index in [2.05, 4.69) is 31.1 Å². The minimum atomic E-state index is -0.224. The van der Waals surface area contributed by atoms with E-state index in [-0.39, 0.29) is 12.4 Å². The molecule has 2 rings (SSSR count). The Hall–Kier alpha value is -1.87. The molecule has 2 aromatic carbocycles. The molecule has 0 amide bonds. The molecule has 0 fully saturated rings. The van der Waals surface area contributed by atoms with Crippen LogP contribution >= 0.6 is 0 Å². The van der Waals surface area contributed by atoms with Crippen molar-refractivity contribution < 1.29 is 9.13 Å². The number of rotatable bonds is 7. The first kappa shape index (κ1) is 15.5. The molecule has 0 aliphatic heterocycles. The van der Waals surface area contributed by atoms with Crippen LogP contribution in [0.5, 0.6) is 5.75 Å². The summed E-state index contributed by atoms with van der Waals surface area (Å²) < 4.78 is 19.1. The van der Waals surface area contributed by atoms with E-state index in [4.69, 9.17) is 4.74 Å². The first-order valence-corrected chi connectivity index (χ1v) is 7.25. The van der Waals surface area contributed by atoms with Gasteiger partial charge >= 0.3 is 0 Å². The summed E-state index contributed by atoms with van der Waals surface area (Å²) in [5.74, 6) is 0.549. The average Bonchev–Trinajstić information content (AvgIpc) is 2.47. The summed E-state index contributed by atoms with van der Waals surface area (Å²) in [6.45, 7) is 1.35. The Bertz CT molecular complexity index is 551. The second-order valence-electron chi connectivity index (χ2n) is 5.43. The van der Waals surface area contributed by atoms with Crippen molar-refractivity contribution in [1.29, 1.82) is 0 Å². The highest BCUT2D eigenvalue weighted by Crippen LogP contribution is 2.16. The van der Waals surface area contributed by atoms with Gasteiger partial charge in [0.25, 0.3) is 0 Å². The second kappa shape index (κ2) is 7.79. The number of ether oxygens (including phenoxy) is 1. The minimum Gasteiger partial charge on any atom is -0.489 e. The fourth-order valence-corrected chi connectivity index (χ4v) is 2.13. The maximum absolute atomic E-state index is 13.5. The lowest BCUT2D eigenvalue weighted by atomic mass is 10.1. The van der Waals surface area contributed by atoms with Gasteiger partial charge in [-0.1, -0.05) is 30.3 Å². The fraction of sp³-hybridized carbons (Fsp3) is 0.333. The summed E-state index contributed by atoms with van der Waals surface area (Å²) in [6.07, 6.45) is 2.20. The van der Waals surface area contributed by atoms with E-state index >= 15 is 0 Å². The summed E-state index contributed by atoms with van der Waals surface area (Å²) in [5.41, 5.74) is 1.88. The monoisotopic (exact) mass is 287 g/mol. The fourth-order valence-electron chi connectivity index (χ4n) is 2.13. The molecule has 0 aliphatic rings. The molecule has 0 heterocycles. The molecular formula is C18H22FNO. The lowest BCUT2D eigenvalue weighted by Gasteiger charge is -2.10. The van der Waals surface area contributed by atoms with Gasteiger partial charge in [0.1, 0.15) is 18.2 Å². The van der Waals surface area contributed by atoms with Crippen LogP contribution in [0.2, 0.25) is 0 Å². The van der Waals surface area contributed by atoms with Crippen LogP contribution in [-0.4, -0.2) is 25.5 Å². The molecular weight excluding hydrogens is 265 g/mol. The van der Waals surface area contributed by atoms with Gasteiger partial charge in [0.15, 0.2) is 0 Å². The Kier molecular flexibility index (Phi) is 5.76. The zero-order chi connectivity index (χ0) is 15.1. The highest BCUT2D eigenvalue weighted by molar-refractivity contribution is 5.28. The van der Waals surface area contributed by atoms with Crippen molar-refractivity contribution in [2.24, 2.45) is 0 Å². The summed E-state index contributed by atoms with van der Waals surface area (Å²) in [5, 5.41) is 0.